The molecule has 3 rings (SSSR count). The van der Waals surface area contributed by atoms with Crippen molar-refractivity contribution >= 4 is 35.3 Å². The summed E-state index contributed by atoms with van der Waals surface area (Å²) in [5.74, 6) is 3.05. The van der Waals surface area contributed by atoms with Gasteiger partial charge >= 0.3 is 0 Å². The number of aromatic amines is 1. The summed E-state index contributed by atoms with van der Waals surface area (Å²) in [7, 11) is 0. The molecule has 1 aliphatic heterocycles. The van der Waals surface area contributed by atoms with E-state index in [0.717, 1.165) is 28.4 Å². The molecule has 82 valence electrons. The van der Waals surface area contributed by atoms with Gasteiger partial charge in [-0.05, 0) is 11.4 Å². The lowest BCUT2D eigenvalue weighted by molar-refractivity contribution is 0.927. The predicted molar refractivity (Wildman–Crippen MR) is 71.5 cm³/mol. The van der Waals surface area contributed by atoms with E-state index in [1.54, 1.807) is 11.3 Å². The van der Waals surface area contributed by atoms with Crippen LogP contribution in [0.25, 0.3) is 0 Å². The molecular formula is C11H10N2S3. The van der Waals surface area contributed by atoms with Gasteiger partial charge in [-0.15, -0.1) is 11.3 Å². The summed E-state index contributed by atoms with van der Waals surface area (Å²) in [5, 5.41) is 2.09. The molecule has 1 aliphatic rings. The molecule has 0 aliphatic carbocycles. The Morgan fingerprint density at radius 3 is 3.19 bits per heavy atom. The Morgan fingerprint density at radius 1 is 1.44 bits per heavy atom. The number of H-pyrrole nitrogens is 1. The molecule has 0 aromatic carbocycles. The number of rotatable bonds is 2. The molecule has 0 amide bonds. The quantitative estimate of drug-likeness (QED) is 0.843. The van der Waals surface area contributed by atoms with Crippen LogP contribution in [0.15, 0.2) is 17.5 Å². The topological polar surface area (TPSA) is 28.7 Å². The fourth-order valence-electron chi connectivity index (χ4n) is 1.79. The van der Waals surface area contributed by atoms with Crippen LogP contribution in [0.5, 0.6) is 0 Å². The highest BCUT2D eigenvalue weighted by Crippen LogP contribution is 2.28. The maximum Gasteiger partial charge on any atom is 0.134 e. The van der Waals surface area contributed by atoms with Gasteiger partial charge in [-0.25, -0.2) is 4.98 Å². The number of thioether (sulfide) groups is 1. The largest absolute Gasteiger partial charge is 0.346 e. The van der Waals surface area contributed by atoms with Gasteiger partial charge in [-0.3, -0.25) is 0 Å². The summed E-state index contributed by atoms with van der Waals surface area (Å²) in [6.45, 7) is 0. The molecule has 16 heavy (non-hydrogen) atoms. The second-order valence-electron chi connectivity index (χ2n) is 3.69. The minimum atomic E-state index is 0.783. The molecule has 1 N–H and O–H groups in total. The van der Waals surface area contributed by atoms with Crippen molar-refractivity contribution in [3.63, 3.8) is 0 Å². The summed E-state index contributed by atoms with van der Waals surface area (Å²) in [6, 6.07) is 4.20. The standard InChI is InChI=1S/C11H10N2S3/c14-11-8-5-15-6-9(8)12-10(13-11)4-7-2-1-3-16-7/h1-3H,4-6H2,(H,12,13,14). The first-order valence-electron chi connectivity index (χ1n) is 5.04. The zero-order valence-corrected chi connectivity index (χ0v) is 11.0. The van der Waals surface area contributed by atoms with Gasteiger partial charge in [-0.2, -0.15) is 11.8 Å². The van der Waals surface area contributed by atoms with Crippen LogP contribution in [0.3, 0.4) is 0 Å². The van der Waals surface area contributed by atoms with E-state index in [4.69, 9.17) is 12.2 Å². The van der Waals surface area contributed by atoms with Crippen LogP contribution in [0.4, 0.5) is 0 Å². The van der Waals surface area contributed by atoms with Crippen molar-refractivity contribution in [2.45, 2.75) is 17.9 Å². The van der Waals surface area contributed by atoms with Crippen molar-refractivity contribution in [3.05, 3.63) is 44.1 Å². The number of hydrogen-bond acceptors (Lipinski definition) is 4. The summed E-state index contributed by atoms with van der Waals surface area (Å²) in [6.07, 6.45) is 0.860. The summed E-state index contributed by atoms with van der Waals surface area (Å²) in [5.41, 5.74) is 2.51. The minimum Gasteiger partial charge on any atom is -0.346 e. The first-order chi connectivity index (χ1) is 7.83. The molecule has 5 heteroatoms. The Labute approximate surface area is 107 Å². The van der Waals surface area contributed by atoms with E-state index in [-0.39, 0.29) is 0 Å². The maximum atomic E-state index is 5.32. The molecule has 0 radical (unpaired) electrons. The van der Waals surface area contributed by atoms with Gasteiger partial charge in [-0.1, -0.05) is 18.3 Å². The molecule has 0 atom stereocenters. The van der Waals surface area contributed by atoms with Crippen LogP contribution in [-0.4, -0.2) is 9.97 Å². The second-order valence-corrected chi connectivity index (χ2v) is 6.10. The Balaban J connectivity index is 1.97. The minimum absolute atomic E-state index is 0.783. The van der Waals surface area contributed by atoms with Crippen LogP contribution in [-0.2, 0) is 17.9 Å². The molecular weight excluding hydrogens is 256 g/mol. The molecule has 0 saturated heterocycles. The van der Waals surface area contributed by atoms with E-state index >= 15 is 0 Å². The van der Waals surface area contributed by atoms with Crippen LogP contribution in [0, 0.1) is 4.64 Å². The summed E-state index contributed by atoms with van der Waals surface area (Å²) in [4.78, 5) is 9.21. The molecule has 2 aromatic heterocycles. The fourth-order valence-corrected chi connectivity index (χ4v) is 3.96. The Kier molecular flexibility index (Phi) is 2.83. The van der Waals surface area contributed by atoms with Gasteiger partial charge in [0.15, 0.2) is 0 Å². The normalized spacial score (nSPS) is 14.0. The summed E-state index contributed by atoms with van der Waals surface area (Å²) < 4.78 is 0.783. The molecule has 2 nitrogen and oxygen atoms in total. The maximum absolute atomic E-state index is 5.32. The molecule has 0 fully saturated rings. The zero-order chi connectivity index (χ0) is 11.0. The monoisotopic (exact) mass is 266 g/mol. The Hall–Kier alpha value is -0.650. The van der Waals surface area contributed by atoms with Crippen molar-refractivity contribution in [2.24, 2.45) is 0 Å². The SMILES string of the molecule is S=c1nc(Cc2cccs2)[nH]c2c1CSC2. The summed E-state index contributed by atoms with van der Waals surface area (Å²) >= 11 is 8.98. The third-order valence-corrected chi connectivity index (χ3v) is 4.77. The van der Waals surface area contributed by atoms with Gasteiger partial charge in [0.1, 0.15) is 10.5 Å². The van der Waals surface area contributed by atoms with Gasteiger partial charge < -0.3 is 4.98 Å². The number of aromatic nitrogens is 2. The van der Waals surface area contributed by atoms with Gasteiger partial charge in [0.25, 0.3) is 0 Å². The van der Waals surface area contributed by atoms with E-state index in [2.05, 4.69) is 27.5 Å². The predicted octanol–water partition coefficient (Wildman–Crippen LogP) is 3.54. The molecule has 0 unspecified atom stereocenters. The molecule has 3 heterocycles. The Bertz CT molecular complexity index is 557. The lowest BCUT2D eigenvalue weighted by atomic mass is 10.2. The first kappa shape index (κ1) is 10.5. The van der Waals surface area contributed by atoms with Crippen molar-refractivity contribution in [1.82, 2.24) is 9.97 Å². The highest BCUT2D eigenvalue weighted by atomic mass is 32.2. The molecule has 0 spiro atoms. The van der Waals surface area contributed by atoms with E-state index < -0.39 is 0 Å². The fraction of sp³-hybridized carbons (Fsp3) is 0.273. The molecule has 2 aromatic rings. The van der Waals surface area contributed by atoms with E-state index in [1.165, 1.54) is 16.1 Å². The lowest BCUT2D eigenvalue weighted by Crippen LogP contribution is -2.01. The van der Waals surface area contributed by atoms with E-state index in [0.29, 0.717) is 0 Å². The van der Waals surface area contributed by atoms with E-state index in [9.17, 15) is 0 Å². The number of thiophene rings is 1. The second kappa shape index (κ2) is 4.31. The van der Waals surface area contributed by atoms with Gasteiger partial charge in [0.05, 0.1) is 0 Å². The lowest BCUT2D eigenvalue weighted by Gasteiger charge is -2.03. The Morgan fingerprint density at radius 2 is 2.38 bits per heavy atom. The number of fused-ring (bicyclic) bond motifs is 1. The highest BCUT2D eigenvalue weighted by molar-refractivity contribution is 7.98. The zero-order valence-electron chi connectivity index (χ0n) is 8.53. The van der Waals surface area contributed by atoms with E-state index in [1.807, 2.05) is 11.8 Å². The average molecular weight is 266 g/mol. The van der Waals surface area contributed by atoms with Crippen LogP contribution < -0.4 is 0 Å². The van der Waals surface area contributed by atoms with Gasteiger partial charge in [0.2, 0.25) is 0 Å². The first-order valence-corrected chi connectivity index (χ1v) is 7.48. The average Bonchev–Trinajstić information content (AvgIpc) is 2.87. The van der Waals surface area contributed by atoms with Crippen LogP contribution >= 0.6 is 35.3 Å². The third kappa shape index (κ3) is 1.95. The van der Waals surface area contributed by atoms with Gasteiger partial charge in [0, 0.05) is 34.1 Å². The molecule has 0 bridgehead atoms. The smallest absolute Gasteiger partial charge is 0.134 e. The number of hydrogen-bond donors (Lipinski definition) is 1. The number of nitrogens with zero attached hydrogens (tertiary/aromatic N) is 1. The van der Waals surface area contributed by atoms with Crippen molar-refractivity contribution in [3.8, 4) is 0 Å². The van der Waals surface area contributed by atoms with Crippen molar-refractivity contribution in [1.29, 1.82) is 0 Å². The highest BCUT2D eigenvalue weighted by Gasteiger charge is 2.15. The van der Waals surface area contributed by atoms with Crippen LogP contribution in [0.2, 0.25) is 0 Å². The number of nitrogens with one attached hydrogen (secondary N) is 1. The molecule has 0 saturated carbocycles. The van der Waals surface area contributed by atoms with Crippen molar-refractivity contribution in [2.75, 3.05) is 0 Å². The van der Waals surface area contributed by atoms with Crippen molar-refractivity contribution < 1.29 is 0 Å². The van der Waals surface area contributed by atoms with Crippen LogP contribution in [0.1, 0.15) is 22.0 Å². The third-order valence-electron chi connectivity index (χ3n) is 2.57.